The maximum Gasteiger partial charge on any atom is 0.380 e. The summed E-state index contributed by atoms with van der Waals surface area (Å²) >= 11 is 0. The molecule has 0 aromatic heterocycles. The topological polar surface area (TPSA) is 139 Å². The third kappa shape index (κ3) is 4.25. The summed E-state index contributed by atoms with van der Waals surface area (Å²) in [6.07, 6.45) is 6.47. The van der Waals surface area contributed by atoms with Crippen LogP contribution in [0.25, 0.3) is 0 Å². The van der Waals surface area contributed by atoms with E-state index in [4.69, 9.17) is 18.6 Å². The Bertz CT molecular complexity index is 1070. The second-order valence-electron chi connectivity index (χ2n) is 9.28. The third-order valence-corrected chi connectivity index (χ3v) is 8.95. The maximum absolute atomic E-state index is 11.7. The second kappa shape index (κ2) is 7.98. The third-order valence-electron chi connectivity index (χ3n) is 8.04. The van der Waals surface area contributed by atoms with Crippen LogP contribution in [-0.4, -0.2) is 22.9 Å². The lowest BCUT2D eigenvalue weighted by Gasteiger charge is -2.52. The molecule has 0 bridgehead atoms. The molecule has 174 valence electrons. The van der Waals surface area contributed by atoms with E-state index in [0.717, 1.165) is 49.7 Å². The summed E-state index contributed by atoms with van der Waals surface area (Å²) in [5, 5.41) is 10.3. The summed E-state index contributed by atoms with van der Waals surface area (Å²) in [5.74, 6) is 1.53. The van der Waals surface area contributed by atoms with Gasteiger partial charge < -0.3 is 4.18 Å². The molecule has 4 rings (SSSR count). The molecule has 10 heteroatoms. The fourth-order valence-corrected chi connectivity index (χ4v) is 7.88. The highest BCUT2D eigenvalue weighted by molar-refractivity contribution is 7.84. The monoisotopic (exact) mass is 472 g/mol. The van der Waals surface area contributed by atoms with Crippen molar-refractivity contribution in [2.75, 3.05) is 0 Å². The van der Waals surface area contributed by atoms with E-state index < -0.39 is 20.6 Å². The van der Waals surface area contributed by atoms with Crippen molar-refractivity contribution in [2.45, 2.75) is 77.2 Å². The Hall–Kier alpha value is -1.20. The first kappa shape index (κ1) is 23.0. The van der Waals surface area contributed by atoms with E-state index >= 15 is 0 Å². The van der Waals surface area contributed by atoms with Crippen molar-refractivity contribution in [3.8, 4) is 5.75 Å². The Kier molecular flexibility index (Phi) is 5.92. The Morgan fingerprint density at radius 3 is 2.39 bits per heavy atom. The predicted molar refractivity (Wildman–Crippen MR) is 117 cm³/mol. The molecule has 4 N–H and O–H groups in total. The van der Waals surface area contributed by atoms with Crippen LogP contribution in [0.1, 0.15) is 75.0 Å². The zero-order valence-corrected chi connectivity index (χ0v) is 19.7. The van der Waals surface area contributed by atoms with Crippen LogP contribution >= 0.6 is 0 Å². The van der Waals surface area contributed by atoms with Gasteiger partial charge in [0.25, 0.3) is 0 Å². The summed E-state index contributed by atoms with van der Waals surface area (Å²) in [5.41, 5.74) is 3.07. The van der Waals surface area contributed by atoms with Gasteiger partial charge in [-0.15, -0.1) is 0 Å². The molecule has 0 saturated heterocycles. The molecular formula is C21H32N2O6S2. The highest BCUT2D eigenvalue weighted by atomic mass is 32.2. The average Bonchev–Trinajstić information content (AvgIpc) is 3.03. The van der Waals surface area contributed by atoms with Crippen molar-refractivity contribution in [2.24, 2.45) is 27.5 Å². The van der Waals surface area contributed by atoms with Crippen molar-refractivity contribution >= 4 is 20.6 Å². The van der Waals surface area contributed by atoms with Crippen molar-refractivity contribution in [3.05, 3.63) is 28.8 Å². The largest absolute Gasteiger partial charge is 0.380 e. The molecule has 0 heterocycles. The summed E-state index contributed by atoms with van der Waals surface area (Å²) in [6, 6.07) is 3.94. The molecule has 31 heavy (non-hydrogen) atoms. The normalized spacial score (nSPS) is 32.8. The molecule has 1 aromatic carbocycles. The van der Waals surface area contributed by atoms with E-state index in [0.29, 0.717) is 36.3 Å². The number of fused-ring (bicyclic) bond motifs is 5. The quantitative estimate of drug-likeness (QED) is 0.652. The molecule has 0 aliphatic heterocycles. The maximum atomic E-state index is 11.7. The van der Waals surface area contributed by atoms with Gasteiger partial charge in [0.1, 0.15) is 5.75 Å². The molecule has 5 atom stereocenters. The van der Waals surface area contributed by atoms with Gasteiger partial charge in [-0.3, -0.25) is 4.18 Å². The van der Waals surface area contributed by atoms with Crippen LogP contribution in [-0.2, 0) is 37.6 Å². The molecule has 3 aliphatic rings. The second-order valence-corrected chi connectivity index (χ2v) is 11.6. The van der Waals surface area contributed by atoms with E-state index in [2.05, 4.69) is 13.0 Å². The first-order valence-electron chi connectivity index (χ1n) is 11.1. The van der Waals surface area contributed by atoms with Gasteiger partial charge in [-0.25, -0.2) is 5.14 Å². The molecule has 0 spiro atoms. The van der Waals surface area contributed by atoms with Crippen molar-refractivity contribution < 1.29 is 25.2 Å². The molecule has 0 amide bonds. The fraction of sp³-hybridized carbons (Fsp3) is 0.714. The van der Waals surface area contributed by atoms with Gasteiger partial charge in [0.05, 0.1) is 6.10 Å². The number of nitrogens with two attached hydrogens (primary N) is 2. The van der Waals surface area contributed by atoms with Crippen LogP contribution < -0.4 is 14.5 Å². The average molecular weight is 473 g/mol. The summed E-state index contributed by atoms with van der Waals surface area (Å²) in [6.45, 7) is 4.09. The standard InChI is InChI=1S/C21H32N2O6S2/c1-3-13-11-17-14(12-19(13)28-30(22,24)25)5-6-16-15(17)9-10-21(4-2)18(16)7-8-20(21)29-31(23,26)27/h11-12,15-16,18,20H,3-10H2,1-2H3,(H2,22,24,25)(H2,23,26,27)/t15?,16?,18?,20-,21-/m0/s1. The number of hydrogen-bond donors (Lipinski definition) is 2. The van der Waals surface area contributed by atoms with E-state index in [1.165, 1.54) is 5.56 Å². The van der Waals surface area contributed by atoms with Crippen LogP contribution in [0.5, 0.6) is 5.75 Å². The number of hydrogen-bond acceptors (Lipinski definition) is 6. The molecular weight excluding hydrogens is 440 g/mol. The number of rotatable bonds is 6. The van der Waals surface area contributed by atoms with Gasteiger partial charge in [-0.1, -0.05) is 19.9 Å². The molecule has 8 nitrogen and oxygen atoms in total. The first-order valence-corrected chi connectivity index (χ1v) is 14.0. The lowest BCUT2D eigenvalue weighted by atomic mass is 9.54. The van der Waals surface area contributed by atoms with E-state index in [9.17, 15) is 16.8 Å². The van der Waals surface area contributed by atoms with Crippen LogP contribution in [0, 0.1) is 17.3 Å². The Balaban J connectivity index is 1.67. The minimum atomic E-state index is -4.08. The lowest BCUT2D eigenvalue weighted by molar-refractivity contribution is -0.0256. The summed E-state index contributed by atoms with van der Waals surface area (Å²) < 4.78 is 56.7. The Morgan fingerprint density at radius 1 is 1.03 bits per heavy atom. The zero-order valence-electron chi connectivity index (χ0n) is 18.0. The van der Waals surface area contributed by atoms with Crippen LogP contribution in [0.15, 0.2) is 12.1 Å². The molecule has 1 aromatic rings. The van der Waals surface area contributed by atoms with Crippen molar-refractivity contribution in [3.63, 3.8) is 0 Å². The zero-order chi connectivity index (χ0) is 22.6. The van der Waals surface area contributed by atoms with Crippen LogP contribution in [0.2, 0.25) is 0 Å². The van der Waals surface area contributed by atoms with Crippen molar-refractivity contribution in [1.29, 1.82) is 0 Å². The van der Waals surface area contributed by atoms with Gasteiger partial charge >= 0.3 is 20.6 Å². The van der Waals surface area contributed by atoms with Gasteiger partial charge in [0.2, 0.25) is 0 Å². The Morgan fingerprint density at radius 2 is 1.77 bits per heavy atom. The van der Waals surface area contributed by atoms with Gasteiger partial charge in [-0.2, -0.15) is 22.0 Å². The van der Waals surface area contributed by atoms with Gasteiger partial charge in [0, 0.05) is 5.41 Å². The van der Waals surface area contributed by atoms with E-state index in [-0.39, 0.29) is 11.5 Å². The van der Waals surface area contributed by atoms with Crippen LogP contribution in [0.4, 0.5) is 0 Å². The molecule has 2 fully saturated rings. The van der Waals surface area contributed by atoms with Crippen LogP contribution in [0.3, 0.4) is 0 Å². The van der Waals surface area contributed by atoms with Gasteiger partial charge in [-0.05, 0) is 91.9 Å². The van der Waals surface area contributed by atoms with E-state index in [1.54, 1.807) is 0 Å². The Labute approximate surface area is 185 Å². The molecule has 0 radical (unpaired) electrons. The van der Waals surface area contributed by atoms with Gasteiger partial charge in [0.15, 0.2) is 0 Å². The predicted octanol–water partition coefficient (Wildman–Crippen LogP) is 2.67. The number of benzene rings is 1. The SMILES string of the molecule is CCc1cc2c(cc1OS(N)(=O)=O)CCC1C2CC[C@@]2(CC)C1CC[C@@H]2OS(N)(=O)=O. The highest BCUT2D eigenvalue weighted by Gasteiger charge is 2.57. The molecule has 2 saturated carbocycles. The smallest absolute Gasteiger partial charge is 0.371 e. The first-order chi connectivity index (χ1) is 14.5. The van der Waals surface area contributed by atoms with Crippen molar-refractivity contribution in [1.82, 2.24) is 0 Å². The summed E-state index contributed by atoms with van der Waals surface area (Å²) in [7, 11) is -8.06. The molecule has 3 aliphatic carbocycles. The summed E-state index contributed by atoms with van der Waals surface area (Å²) in [4.78, 5) is 0. The molecule has 3 unspecified atom stereocenters. The number of aryl methyl sites for hydroxylation is 2. The minimum Gasteiger partial charge on any atom is -0.371 e. The fourth-order valence-electron chi connectivity index (χ4n) is 6.86. The van der Waals surface area contributed by atoms with E-state index in [1.807, 2.05) is 13.0 Å². The lowest BCUT2D eigenvalue weighted by Crippen LogP contribution is -2.47. The highest BCUT2D eigenvalue weighted by Crippen LogP contribution is 2.63. The minimum absolute atomic E-state index is 0.157.